The highest BCUT2D eigenvalue weighted by Gasteiger charge is 2.16. The lowest BCUT2D eigenvalue weighted by Crippen LogP contribution is -2.21. The number of amides is 1. The molecule has 1 N–H and O–H groups in total. The van der Waals surface area contributed by atoms with Crippen LogP contribution in [0.15, 0.2) is 77.3 Å². The molecule has 0 aliphatic heterocycles. The molecule has 8 heteroatoms. The van der Waals surface area contributed by atoms with Crippen molar-refractivity contribution in [1.29, 1.82) is 0 Å². The topological polar surface area (TPSA) is 107 Å². The van der Waals surface area contributed by atoms with Crippen LogP contribution in [0.2, 0.25) is 0 Å². The van der Waals surface area contributed by atoms with Gasteiger partial charge in [-0.05, 0) is 39.0 Å². The Bertz CT molecular complexity index is 1610. The SMILES string of the molecule is Cc1ccc(-c2nc3ccc(C(=O)OCC(=O)Nc4cc(C)on4)cc3nc2-c2ccc(C)cc2)cc1. The Balaban J connectivity index is 1.44. The molecule has 0 unspecified atom stereocenters. The van der Waals surface area contributed by atoms with E-state index in [1.54, 1.807) is 31.2 Å². The summed E-state index contributed by atoms with van der Waals surface area (Å²) in [7, 11) is 0. The Morgan fingerprint density at radius 3 is 1.95 bits per heavy atom. The number of hydrogen-bond donors (Lipinski definition) is 1. The molecule has 3 aromatic carbocycles. The van der Waals surface area contributed by atoms with Gasteiger partial charge in [0.2, 0.25) is 0 Å². The summed E-state index contributed by atoms with van der Waals surface area (Å²) < 4.78 is 10.1. The molecular weight excluding hydrogens is 468 g/mol. The summed E-state index contributed by atoms with van der Waals surface area (Å²) >= 11 is 0. The highest BCUT2D eigenvalue weighted by Crippen LogP contribution is 2.31. The van der Waals surface area contributed by atoms with Crippen molar-refractivity contribution in [3.63, 3.8) is 0 Å². The molecule has 0 radical (unpaired) electrons. The van der Waals surface area contributed by atoms with Gasteiger partial charge in [0.25, 0.3) is 5.91 Å². The number of benzene rings is 3. The molecule has 0 aliphatic rings. The molecule has 1 amide bonds. The van der Waals surface area contributed by atoms with E-state index in [0.717, 1.165) is 27.9 Å². The molecule has 0 atom stereocenters. The minimum atomic E-state index is -0.644. The summed E-state index contributed by atoms with van der Waals surface area (Å²) in [5.41, 5.74) is 7.09. The van der Waals surface area contributed by atoms with Crippen molar-refractivity contribution in [1.82, 2.24) is 15.1 Å². The number of nitrogens with zero attached hydrogens (tertiary/aromatic N) is 3. The number of anilines is 1. The maximum absolute atomic E-state index is 12.7. The lowest BCUT2D eigenvalue weighted by Gasteiger charge is -2.12. The van der Waals surface area contributed by atoms with Crippen LogP contribution < -0.4 is 5.32 Å². The summed E-state index contributed by atoms with van der Waals surface area (Å²) in [5.74, 6) is -0.353. The standard InChI is InChI=1S/C29H24N4O4/c1-17-4-8-20(9-5-17)27-28(21-10-6-18(2)7-11-21)31-24-15-22(12-13-23(24)30-27)29(35)36-16-26(34)32-25-14-19(3)37-33-25/h4-15H,16H2,1-3H3,(H,32,33,34). The largest absolute Gasteiger partial charge is 0.452 e. The number of carbonyl (C=O) groups excluding carboxylic acids is 2. The van der Waals surface area contributed by atoms with Crippen molar-refractivity contribution < 1.29 is 18.8 Å². The molecule has 0 bridgehead atoms. The van der Waals surface area contributed by atoms with Gasteiger partial charge in [-0.3, -0.25) is 4.79 Å². The fraction of sp³-hybridized carbons (Fsp3) is 0.138. The molecule has 0 spiro atoms. The third kappa shape index (κ3) is 5.38. The molecule has 5 rings (SSSR count). The van der Waals surface area contributed by atoms with Gasteiger partial charge in [0.15, 0.2) is 12.4 Å². The summed E-state index contributed by atoms with van der Waals surface area (Å²) in [4.78, 5) is 34.6. The maximum Gasteiger partial charge on any atom is 0.338 e. The van der Waals surface area contributed by atoms with Crippen LogP contribution in [0.3, 0.4) is 0 Å². The van der Waals surface area contributed by atoms with E-state index >= 15 is 0 Å². The molecular formula is C29H24N4O4. The Kier molecular flexibility index (Phi) is 6.47. The number of fused-ring (bicyclic) bond motifs is 1. The van der Waals surface area contributed by atoms with E-state index in [-0.39, 0.29) is 11.4 Å². The minimum Gasteiger partial charge on any atom is -0.452 e. The summed E-state index contributed by atoms with van der Waals surface area (Å²) in [6.45, 7) is 5.31. The average Bonchev–Trinajstić information content (AvgIpc) is 3.31. The molecule has 0 aliphatic carbocycles. The number of hydrogen-bond acceptors (Lipinski definition) is 7. The van der Waals surface area contributed by atoms with E-state index in [2.05, 4.69) is 10.5 Å². The first-order chi connectivity index (χ1) is 17.9. The number of esters is 1. The van der Waals surface area contributed by atoms with Gasteiger partial charge >= 0.3 is 5.97 Å². The van der Waals surface area contributed by atoms with Crippen LogP contribution >= 0.6 is 0 Å². The normalized spacial score (nSPS) is 10.9. The van der Waals surface area contributed by atoms with Gasteiger partial charge in [0.05, 0.1) is 28.0 Å². The lowest BCUT2D eigenvalue weighted by molar-refractivity contribution is -0.119. The van der Waals surface area contributed by atoms with E-state index in [0.29, 0.717) is 22.5 Å². The first kappa shape index (κ1) is 23.9. The van der Waals surface area contributed by atoms with Gasteiger partial charge in [-0.25, -0.2) is 14.8 Å². The van der Waals surface area contributed by atoms with Crippen molar-refractivity contribution in [3.05, 3.63) is 95.2 Å². The second-order valence-electron chi connectivity index (χ2n) is 8.80. The Labute approximate surface area is 213 Å². The van der Waals surface area contributed by atoms with E-state index < -0.39 is 18.5 Å². The van der Waals surface area contributed by atoms with Gasteiger partial charge in [-0.15, -0.1) is 0 Å². The zero-order chi connectivity index (χ0) is 25.9. The molecule has 8 nitrogen and oxygen atoms in total. The first-order valence-corrected chi connectivity index (χ1v) is 11.7. The summed E-state index contributed by atoms with van der Waals surface area (Å²) in [5, 5.41) is 6.19. The third-order valence-electron chi connectivity index (χ3n) is 5.78. The molecule has 0 saturated heterocycles. The lowest BCUT2D eigenvalue weighted by atomic mass is 10.0. The van der Waals surface area contributed by atoms with Gasteiger partial charge in [-0.2, -0.15) is 0 Å². The van der Waals surface area contributed by atoms with E-state index in [1.807, 2.05) is 62.4 Å². The number of aromatic nitrogens is 3. The third-order valence-corrected chi connectivity index (χ3v) is 5.78. The zero-order valence-electron chi connectivity index (χ0n) is 20.6. The number of rotatable bonds is 6. The highest BCUT2D eigenvalue weighted by atomic mass is 16.5. The fourth-order valence-electron chi connectivity index (χ4n) is 3.83. The smallest absolute Gasteiger partial charge is 0.338 e. The zero-order valence-corrected chi connectivity index (χ0v) is 20.6. The van der Waals surface area contributed by atoms with Crippen molar-refractivity contribution in [3.8, 4) is 22.5 Å². The number of nitrogens with one attached hydrogen (secondary N) is 1. The molecule has 0 saturated carbocycles. The molecule has 2 aromatic heterocycles. The Morgan fingerprint density at radius 2 is 1.38 bits per heavy atom. The summed E-state index contributed by atoms with van der Waals surface area (Å²) in [6.07, 6.45) is 0. The van der Waals surface area contributed by atoms with Crippen molar-refractivity contribution in [2.24, 2.45) is 0 Å². The first-order valence-electron chi connectivity index (χ1n) is 11.7. The highest BCUT2D eigenvalue weighted by molar-refractivity contribution is 5.97. The van der Waals surface area contributed by atoms with E-state index in [4.69, 9.17) is 19.2 Å². The Hall–Kier alpha value is -4.85. The monoisotopic (exact) mass is 492 g/mol. The van der Waals surface area contributed by atoms with Gasteiger partial charge < -0.3 is 14.6 Å². The molecule has 5 aromatic rings. The minimum absolute atomic E-state index is 0.257. The Morgan fingerprint density at radius 1 is 0.784 bits per heavy atom. The average molecular weight is 493 g/mol. The van der Waals surface area contributed by atoms with E-state index in [9.17, 15) is 9.59 Å². The van der Waals surface area contributed by atoms with Crippen LogP contribution in [0.25, 0.3) is 33.5 Å². The van der Waals surface area contributed by atoms with Crippen LogP contribution in [0.4, 0.5) is 5.82 Å². The number of ether oxygens (including phenoxy) is 1. The van der Waals surface area contributed by atoms with Crippen molar-refractivity contribution >= 4 is 28.7 Å². The second-order valence-corrected chi connectivity index (χ2v) is 8.80. The maximum atomic E-state index is 12.7. The van der Waals surface area contributed by atoms with Crippen LogP contribution in [0.1, 0.15) is 27.2 Å². The molecule has 184 valence electrons. The van der Waals surface area contributed by atoms with Crippen LogP contribution in [-0.2, 0) is 9.53 Å². The van der Waals surface area contributed by atoms with Crippen LogP contribution in [0.5, 0.6) is 0 Å². The molecule has 37 heavy (non-hydrogen) atoms. The van der Waals surface area contributed by atoms with Crippen molar-refractivity contribution in [2.75, 3.05) is 11.9 Å². The van der Waals surface area contributed by atoms with Crippen molar-refractivity contribution in [2.45, 2.75) is 20.8 Å². The number of aryl methyl sites for hydroxylation is 3. The second kappa shape index (κ2) is 10.0. The molecule has 2 heterocycles. The van der Waals surface area contributed by atoms with Crippen LogP contribution in [0, 0.1) is 20.8 Å². The quantitative estimate of drug-likeness (QED) is 0.304. The van der Waals surface area contributed by atoms with Crippen LogP contribution in [-0.4, -0.2) is 33.6 Å². The van der Waals surface area contributed by atoms with E-state index in [1.165, 1.54) is 0 Å². The molecule has 0 fully saturated rings. The van der Waals surface area contributed by atoms with Gasteiger partial charge in [0, 0.05) is 17.2 Å². The van der Waals surface area contributed by atoms with Gasteiger partial charge in [0.1, 0.15) is 5.76 Å². The summed E-state index contributed by atoms with van der Waals surface area (Å²) in [6, 6.07) is 22.7. The predicted octanol–water partition coefficient (Wildman–Crippen LogP) is 5.67. The van der Waals surface area contributed by atoms with Gasteiger partial charge in [-0.1, -0.05) is 64.8 Å². The fourth-order valence-corrected chi connectivity index (χ4v) is 3.83. The predicted molar refractivity (Wildman–Crippen MR) is 140 cm³/mol. The number of carbonyl (C=O) groups is 2.